The highest BCUT2D eigenvalue weighted by atomic mass is 32.2. The smallest absolute Gasteiger partial charge is 0.326 e. The normalized spacial score (nSPS) is 20.3. The van der Waals surface area contributed by atoms with E-state index < -0.39 is 66.0 Å². The molecule has 4 atom stereocenters. The Balaban J connectivity index is 1.22. The number of hydrogen-bond acceptors (Lipinski definition) is 7. The van der Waals surface area contributed by atoms with Crippen molar-refractivity contribution in [1.29, 1.82) is 0 Å². The third kappa shape index (κ3) is 7.43. The fourth-order valence-electron chi connectivity index (χ4n) is 5.33. The number of β-lactam (4-membered cyclic amide) rings is 1. The topological polar surface area (TPSA) is 136 Å². The van der Waals surface area contributed by atoms with Gasteiger partial charge in [0.05, 0.1) is 18.7 Å². The molecule has 2 aliphatic heterocycles. The molecule has 45 heavy (non-hydrogen) atoms. The summed E-state index contributed by atoms with van der Waals surface area (Å²) < 4.78 is 40.4. The molecule has 0 aliphatic carbocycles. The van der Waals surface area contributed by atoms with Crippen LogP contribution in [0.4, 0.5) is 14.5 Å². The summed E-state index contributed by atoms with van der Waals surface area (Å²) in [7, 11) is 0. The van der Waals surface area contributed by atoms with E-state index in [4.69, 9.17) is 6.15 Å². The lowest BCUT2D eigenvalue weighted by Crippen LogP contribution is -2.57. The summed E-state index contributed by atoms with van der Waals surface area (Å²) in [5, 5.41) is 19.8. The molecule has 3 N–H and O–H groups in total. The van der Waals surface area contributed by atoms with E-state index in [1.807, 2.05) is 0 Å². The number of nitrogens with one attached hydrogen (secondary N) is 1. The lowest BCUT2D eigenvalue weighted by molar-refractivity contribution is -0.148. The first-order chi connectivity index (χ1) is 22.0. The first kappa shape index (κ1) is 30.5. The number of thioether (sulfide) groups is 1. The zero-order valence-electron chi connectivity index (χ0n) is 24.9. The van der Waals surface area contributed by atoms with Crippen LogP contribution in [0.1, 0.15) is 36.1 Å². The van der Waals surface area contributed by atoms with Gasteiger partial charge in [0, 0.05) is 18.0 Å². The summed E-state index contributed by atoms with van der Waals surface area (Å²) >= 11 is 1.25. The van der Waals surface area contributed by atoms with Crippen molar-refractivity contribution in [1.82, 2.24) is 10.2 Å². The van der Waals surface area contributed by atoms with Gasteiger partial charge in [0.2, 0.25) is 11.8 Å². The molecule has 0 spiro atoms. The lowest BCUT2D eigenvalue weighted by atomic mass is 9.92. The van der Waals surface area contributed by atoms with Crippen molar-refractivity contribution in [2.45, 2.75) is 36.3 Å². The predicted molar refractivity (Wildman–Crippen MR) is 162 cm³/mol. The molecule has 3 aromatic rings. The van der Waals surface area contributed by atoms with Crippen LogP contribution in [0.2, 0.25) is 1.41 Å². The molecule has 0 aromatic heterocycles. The zero-order chi connectivity index (χ0) is 33.0. The summed E-state index contributed by atoms with van der Waals surface area (Å²) in [4.78, 5) is 52.3. The van der Waals surface area contributed by atoms with E-state index in [9.17, 15) is 38.2 Å². The van der Waals surface area contributed by atoms with Gasteiger partial charge in [-0.05, 0) is 72.5 Å². The largest absolute Gasteiger partial charge is 0.484 e. The average Bonchev–Trinajstić information content (AvgIpc) is 3.55. The van der Waals surface area contributed by atoms with Crippen LogP contribution in [-0.4, -0.2) is 75.5 Å². The monoisotopic (exact) mass is 640 g/mol. The Morgan fingerprint density at radius 3 is 2.31 bits per heavy atom. The van der Waals surface area contributed by atoms with Gasteiger partial charge in [-0.15, -0.1) is 11.8 Å². The van der Waals surface area contributed by atoms with Crippen LogP contribution in [0.3, 0.4) is 0 Å². The minimum Gasteiger partial charge on any atom is -0.484 e. The molecule has 0 bridgehead atoms. The molecule has 13 heteroatoms. The number of benzene rings is 3. The second kappa shape index (κ2) is 14.1. The van der Waals surface area contributed by atoms with Crippen molar-refractivity contribution in [3.63, 3.8) is 0 Å². The molecule has 0 saturated carbocycles. The van der Waals surface area contributed by atoms with Crippen molar-refractivity contribution >= 4 is 41.1 Å². The lowest BCUT2D eigenvalue weighted by Gasteiger charge is -2.47. The Morgan fingerprint density at radius 2 is 1.67 bits per heavy atom. The van der Waals surface area contributed by atoms with Gasteiger partial charge in [-0.1, -0.05) is 24.3 Å². The van der Waals surface area contributed by atoms with Gasteiger partial charge in [-0.3, -0.25) is 14.4 Å². The van der Waals surface area contributed by atoms with Crippen LogP contribution in [0.25, 0.3) is 0 Å². The van der Waals surface area contributed by atoms with Gasteiger partial charge in [0.1, 0.15) is 28.7 Å². The van der Waals surface area contributed by atoms with Crippen LogP contribution in [0.5, 0.6) is 5.75 Å². The van der Waals surface area contributed by atoms with Crippen LogP contribution in [-0.2, 0) is 19.2 Å². The van der Waals surface area contributed by atoms with E-state index in [1.165, 1.54) is 65.2 Å². The van der Waals surface area contributed by atoms with Crippen LogP contribution < -0.4 is 14.9 Å². The van der Waals surface area contributed by atoms with Gasteiger partial charge in [0.25, 0.3) is 5.91 Å². The number of carbonyl (C=O) groups excluding carboxylic acids is 3. The Labute approximate surface area is 263 Å². The molecular formula is C32H31F2N3O7S. The summed E-state index contributed by atoms with van der Waals surface area (Å²) in [5.74, 6) is -3.20. The van der Waals surface area contributed by atoms with Crippen LogP contribution in [0, 0.1) is 11.6 Å². The Bertz CT molecular complexity index is 1580. The first-order valence-electron chi connectivity index (χ1n) is 14.7. The fourth-order valence-corrected chi connectivity index (χ4v) is 6.63. The predicted octanol–water partition coefficient (Wildman–Crippen LogP) is 3.46. The zero-order valence-corrected chi connectivity index (χ0v) is 24.7. The third-order valence-corrected chi connectivity index (χ3v) is 9.00. The fraction of sp³-hybridized carbons (Fsp3) is 0.312. The van der Waals surface area contributed by atoms with E-state index in [1.54, 1.807) is 24.3 Å². The highest BCUT2D eigenvalue weighted by Gasteiger charge is 2.49. The summed E-state index contributed by atoms with van der Waals surface area (Å²) in [5.41, 5.74) is 1.72. The molecule has 3 amide bonds. The highest BCUT2D eigenvalue weighted by Crippen LogP contribution is 2.46. The maximum atomic E-state index is 13.6. The summed E-state index contributed by atoms with van der Waals surface area (Å²) in [6, 6.07) is 16.1. The molecule has 0 radical (unpaired) electrons. The van der Waals surface area contributed by atoms with Crippen molar-refractivity contribution in [3.05, 3.63) is 95.6 Å². The quantitative estimate of drug-likeness (QED) is 0.256. The molecule has 5 rings (SSSR count). The molecule has 2 heterocycles. The van der Waals surface area contributed by atoms with Gasteiger partial charge in [0.15, 0.2) is 8.02 Å². The summed E-state index contributed by atoms with van der Waals surface area (Å²) in [6.45, 7) is -0.892. The van der Waals surface area contributed by atoms with Crippen molar-refractivity contribution in [2.24, 2.45) is 0 Å². The van der Waals surface area contributed by atoms with Gasteiger partial charge >= 0.3 is 5.97 Å². The molecule has 236 valence electrons. The van der Waals surface area contributed by atoms with Crippen molar-refractivity contribution < 1.29 is 44.3 Å². The number of carboxylic acids is 1. The van der Waals surface area contributed by atoms with Gasteiger partial charge in [-0.2, -0.15) is 0 Å². The first-order valence-corrected chi connectivity index (χ1v) is 15.3. The number of carboxylic acid groups (broad SMARTS) is 1. The number of aliphatic hydroxyl groups is 1. The van der Waals surface area contributed by atoms with Crippen molar-refractivity contribution in [3.8, 4) is 5.75 Å². The van der Waals surface area contributed by atoms with E-state index in [0.29, 0.717) is 35.0 Å². The second-order valence-corrected chi connectivity index (χ2v) is 11.8. The maximum Gasteiger partial charge on any atom is 0.326 e. The maximum absolute atomic E-state index is 13.6. The number of aliphatic carboxylic acids is 1. The van der Waals surface area contributed by atoms with Gasteiger partial charge < -0.3 is 30.1 Å². The van der Waals surface area contributed by atoms with Gasteiger partial charge in [-0.25, -0.2) is 13.6 Å². The van der Waals surface area contributed by atoms with Crippen LogP contribution >= 0.6 is 11.8 Å². The minimum absolute atomic E-state index is 0.167. The number of rotatable bonds is 12. The SMILES string of the molecule is [2H]N(CC(=O)N1CCC[C@H]1C(=O)O)C(=O)COc1ccc([C@@H]2[C@@H](SCC(O)c3ccc(F)cc3)C(=O)N2c2ccc(F)cc2)cc1. The molecule has 10 nitrogen and oxygen atoms in total. The minimum atomic E-state index is -1.12. The second-order valence-electron chi connectivity index (χ2n) is 10.6. The number of halogens is 2. The number of carbonyl (C=O) groups is 4. The average molecular weight is 641 g/mol. The number of ether oxygens (including phenoxy) is 1. The van der Waals surface area contributed by atoms with E-state index in [0.717, 1.165) is 4.90 Å². The van der Waals surface area contributed by atoms with E-state index >= 15 is 0 Å². The Kier molecular flexibility index (Phi) is 9.55. The molecule has 2 aliphatic rings. The number of aliphatic hydroxyl groups excluding tert-OH is 1. The Morgan fingerprint density at radius 1 is 1.02 bits per heavy atom. The van der Waals surface area contributed by atoms with Crippen LogP contribution in [0.15, 0.2) is 72.8 Å². The summed E-state index contributed by atoms with van der Waals surface area (Å²) in [6.07, 6.45) is -0.0878. The van der Waals surface area contributed by atoms with E-state index in [-0.39, 0.29) is 24.0 Å². The molecular weight excluding hydrogens is 608 g/mol. The number of hydrogen-bond donors (Lipinski definition) is 3. The number of likely N-dealkylation sites (tertiary alicyclic amines) is 1. The van der Waals surface area contributed by atoms with Crippen molar-refractivity contribution in [2.75, 3.05) is 30.3 Å². The molecule has 2 fully saturated rings. The number of nitrogens with zero attached hydrogens (tertiary/aromatic N) is 2. The molecule has 3 aromatic carbocycles. The molecule has 2 saturated heterocycles. The third-order valence-electron chi connectivity index (χ3n) is 7.67. The molecule has 1 unspecified atom stereocenters. The number of amides is 3. The standard InChI is InChI=1S/C32H31F2N3O7S/c33-21-7-3-19(4-8-21)26(38)18-45-30-29(37(31(30)41)23-11-9-22(34)10-12-23)20-5-13-24(14-6-20)44-17-27(39)35-16-28(40)36-15-1-2-25(36)32(42)43/h3-14,25-26,29-30,38H,1-2,15-18H2,(H,35,39)(H,42,43)/t25-,26?,29+,30+/m0/s1/i/hD. The number of anilines is 1. The van der Waals surface area contributed by atoms with E-state index in [2.05, 4.69) is 0 Å². The Hall–Kier alpha value is -4.49. The highest BCUT2D eigenvalue weighted by molar-refractivity contribution is 8.00.